The van der Waals surface area contributed by atoms with Crippen molar-refractivity contribution < 1.29 is 31.6 Å². The first-order valence-electron chi connectivity index (χ1n) is 0.960. The Morgan fingerprint density at radius 1 is 1.80 bits per heavy atom. The van der Waals surface area contributed by atoms with E-state index in [1.807, 2.05) is 0 Å². The Hall–Kier alpha value is 0.344. The molecular formula is C2H4O2Ti. The van der Waals surface area contributed by atoms with Crippen molar-refractivity contribution >= 4 is 6.29 Å². The van der Waals surface area contributed by atoms with Crippen LogP contribution in [0.4, 0.5) is 0 Å². The molecule has 28 valence electrons. The van der Waals surface area contributed by atoms with Crippen molar-refractivity contribution in [1.82, 2.24) is 0 Å². The molecule has 5 heavy (non-hydrogen) atoms. The quantitative estimate of drug-likeness (QED) is 0.351. The molecule has 0 aliphatic heterocycles. The van der Waals surface area contributed by atoms with Gasteiger partial charge in [-0.3, -0.25) is 0 Å². The Bertz CT molecular complexity index is 21.6. The second-order valence-electron chi connectivity index (χ2n) is 0.349. The summed E-state index contributed by atoms with van der Waals surface area (Å²) in [4.78, 5) is 8.92. The second kappa shape index (κ2) is 8.84. The van der Waals surface area contributed by atoms with Crippen molar-refractivity contribution in [2.75, 3.05) is 6.61 Å². The Balaban J connectivity index is 0. The van der Waals surface area contributed by atoms with Crippen LogP contribution < -0.4 is 0 Å². The molecule has 0 aromatic rings. The van der Waals surface area contributed by atoms with E-state index < -0.39 is 0 Å². The molecule has 3 heteroatoms. The van der Waals surface area contributed by atoms with E-state index in [1.54, 1.807) is 0 Å². The van der Waals surface area contributed by atoms with Gasteiger partial charge in [0, 0.05) is 21.7 Å². The predicted octanol–water partition coefficient (Wildman–Crippen LogP) is -0.825. The maximum absolute atomic E-state index is 8.92. The zero-order valence-electron chi connectivity index (χ0n) is 2.64. The molecule has 0 heterocycles. The van der Waals surface area contributed by atoms with Crippen LogP contribution in [0.1, 0.15) is 0 Å². The Morgan fingerprint density at radius 3 is 2.00 bits per heavy atom. The first kappa shape index (κ1) is 9.02. The molecule has 0 aliphatic rings. The number of aliphatic hydroxyl groups excluding tert-OH is 1. The summed E-state index contributed by atoms with van der Waals surface area (Å²) >= 11 is 0. The average molecular weight is 108 g/mol. The van der Waals surface area contributed by atoms with Crippen LogP contribution in [0.3, 0.4) is 0 Å². The molecule has 0 aliphatic carbocycles. The molecule has 0 bridgehead atoms. The second-order valence-corrected chi connectivity index (χ2v) is 0.349. The number of rotatable bonds is 1. The van der Waals surface area contributed by atoms with Gasteiger partial charge < -0.3 is 9.90 Å². The molecule has 2 nitrogen and oxygen atoms in total. The zero-order valence-corrected chi connectivity index (χ0v) is 4.20. The molecule has 0 rings (SSSR count). The third kappa shape index (κ3) is 13.2. The number of aliphatic hydroxyl groups is 1. The zero-order chi connectivity index (χ0) is 3.41. The molecule has 0 amide bonds. The maximum Gasteiger partial charge on any atom is 0.145 e. The molecule has 0 unspecified atom stereocenters. The van der Waals surface area contributed by atoms with Gasteiger partial charge in [0.05, 0.1) is 6.61 Å². The van der Waals surface area contributed by atoms with Crippen LogP contribution in [0.5, 0.6) is 0 Å². The molecule has 0 spiro atoms. The average Bonchev–Trinajstić information content (AvgIpc) is 1.37. The van der Waals surface area contributed by atoms with E-state index in [2.05, 4.69) is 0 Å². The third-order valence-corrected chi connectivity index (χ3v) is 0.0745. The molecule has 0 fully saturated rings. The Morgan fingerprint density at radius 2 is 2.00 bits per heavy atom. The van der Waals surface area contributed by atoms with E-state index >= 15 is 0 Å². The van der Waals surface area contributed by atoms with Gasteiger partial charge in [-0.25, -0.2) is 0 Å². The van der Waals surface area contributed by atoms with Gasteiger partial charge in [-0.15, -0.1) is 0 Å². The number of aldehydes is 1. The summed E-state index contributed by atoms with van der Waals surface area (Å²) in [5.74, 6) is 0. The van der Waals surface area contributed by atoms with Crippen molar-refractivity contribution in [1.29, 1.82) is 0 Å². The van der Waals surface area contributed by atoms with Gasteiger partial charge in [0.15, 0.2) is 0 Å². The summed E-state index contributed by atoms with van der Waals surface area (Å²) in [6.45, 7) is -0.361. The fourth-order valence-corrected chi connectivity index (χ4v) is 0. The topological polar surface area (TPSA) is 37.3 Å². The molecule has 0 saturated carbocycles. The van der Waals surface area contributed by atoms with E-state index in [0.717, 1.165) is 0 Å². The summed E-state index contributed by atoms with van der Waals surface area (Å²) in [5.41, 5.74) is 0. The molecule has 0 aromatic heterocycles. The smallest absolute Gasteiger partial charge is 0.145 e. The van der Waals surface area contributed by atoms with Gasteiger partial charge in [-0.05, 0) is 0 Å². The van der Waals surface area contributed by atoms with E-state index in [9.17, 15) is 0 Å². The van der Waals surface area contributed by atoms with Crippen LogP contribution in [-0.2, 0) is 26.5 Å². The van der Waals surface area contributed by atoms with Crippen molar-refractivity contribution in [2.24, 2.45) is 0 Å². The normalized spacial score (nSPS) is 5.00. The molecule has 0 radical (unpaired) electrons. The standard InChI is InChI=1S/C2H4O2.Ti/c3-1-2-4;/h1,4H,2H2;. The SMILES string of the molecule is O=CCO.[Ti]. The number of hydrogen-bond donors (Lipinski definition) is 1. The summed E-state index contributed by atoms with van der Waals surface area (Å²) in [5, 5.41) is 7.51. The van der Waals surface area contributed by atoms with E-state index in [4.69, 9.17) is 9.90 Å². The fraction of sp³-hybridized carbons (Fsp3) is 0.500. The van der Waals surface area contributed by atoms with Gasteiger partial charge in [0.1, 0.15) is 6.29 Å². The molecule has 0 saturated heterocycles. The molecule has 0 atom stereocenters. The third-order valence-electron chi connectivity index (χ3n) is 0.0745. The summed E-state index contributed by atoms with van der Waals surface area (Å²) in [6, 6.07) is 0. The van der Waals surface area contributed by atoms with E-state index in [0.29, 0.717) is 6.29 Å². The molecule has 0 aromatic carbocycles. The largest absolute Gasteiger partial charge is 0.389 e. The minimum atomic E-state index is -0.361. The van der Waals surface area contributed by atoms with Crippen molar-refractivity contribution in [3.05, 3.63) is 0 Å². The van der Waals surface area contributed by atoms with Gasteiger partial charge in [0.2, 0.25) is 0 Å². The van der Waals surface area contributed by atoms with Crippen LogP contribution >= 0.6 is 0 Å². The van der Waals surface area contributed by atoms with Gasteiger partial charge in [-0.2, -0.15) is 0 Å². The first-order chi connectivity index (χ1) is 1.91. The Kier molecular flexibility index (Phi) is 15.9. The van der Waals surface area contributed by atoms with Crippen LogP contribution in [0.25, 0.3) is 0 Å². The van der Waals surface area contributed by atoms with Crippen LogP contribution in [0.15, 0.2) is 0 Å². The summed E-state index contributed by atoms with van der Waals surface area (Å²) in [7, 11) is 0. The maximum atomic E-state index is 8.92. The van der Waals surface area contributed by atoms with Crippen molar-refractivity contribution in [2.45, 2.75) is 0 Å². The van der Waals surface area contributed by atoms with Gasteiger partial charge in [0.25, 0.3) is 0 Å². The minimum absolute atomic E-state index is 0. The van der Waals surface area contributed by atoms with Crippen molar-refractivity contribution in [3.8, 4) is 0 Å². The number of hydrogen-bond acceptors (Lipinski definition) is 2. The number of carbonyl (C=O) groups is 1. The first-order valence-corrected chi connectivity index (χ1v) is 0.960. The summed E-state index contributed by atoms with van der Waals surface area (Å²) < 4.78 is 0. The van der Waals surface area contributed by atoms with E-state index in [-0.39, 0.29) is 28.3 Å². The summed E-state index contributed by atoms with van der Waals surface area (Å²) in [6.07, 6.45) is 0.431. The molecule has 1 N–H and O–H groups in total. The minimum Gasteiger partial charge on any atom is -0.389 e. The number of carbonyl (C=O) groups excluding carboxylic acids is 1. The van der Waals surface area contributed by atoms with Crippen molar-refractivity contribution in [3.63, 3.8) is 0 Å². The van der Waals surface area contributed by atoms with Crippen LogP contribution in [0, 0.1) is 0 Å². The van der Waals surface area contributed by atoms with Gasteiger partial charge >= 0.3 is 0 Å². The molecular weight excluding hydrogens is 104 g/mol. The predicted molar refractivity (Wildman–Crippen MR) is 13.1 cm³/mol. The monoisotopic (exact) mass is 108 g/mol. The Labute approximate surface area is 45.1 Å². The van der Waals surface area contributed by atoms with E-state index in [1.165, 1.54) is 0 Å². The van der Waals surface area contributed by atoms with Gasteiger partial charge in [-0.1, -0.05) is 0 Å². The van der Waals surface area contributed by atoms with Crippen LogP contribution in [0.2, 0.25) is 0 Å². The fourth-order valence-electron chi connectivity index (χ4n) is 0. The van der Waals surface area contributed by atoms with Crippen LogP contribution in [-0.4, -0.2) is 18.0 Å².